The van der Waals surface area contributed by atoms with E-state index in [0.29, 0.717) is 0 Å². The lowest BCUT2D eigenvalue weighted by Gasteiger charge is -2.47. The molecule has 114 valence electrons. The van der Waals surface area contributed by atoms with E-state index in [2.05, 4.69) is 37.0 Å². The fraction of sp³-hybridized carbons (Fsp3) is 0.471. The number of hydrogen-bond donors (Lipinski definition) is 0. The molecule has 1 aromatic carbocycles. The summed E-state index contributed by atoms with van der Waals surface area (Å²) >= 11 is 1.97. The van der Waals surface area contributed by atoms with E-state index in [1.807, 2.05) is 30.7 Å². The van der Waals surface area contributed by atoms with Gasteiger partial charge in [-0.15, -0.1) is 0 Å². The molecule has 5 heterocycles. The van der Waals surface area contributed by atoms with Gasteiger partial charge in [-0.2, -0.15) is 0 Å². The summed E-state index contributed by atoms with van der Waals surface area (Å²) in [6.45, 7) is 4.99. The Morgan fingerprint density at radius 3 is 2.82 bits per heavy atom. The maximum atomic E-state index is 4.15. The highest BCUT2D eigenvalue weighted by Crippen LogP contribution is 2.43. The van der Waals surface area contributed by atoms with E-state index in [1.165, 1.54) is 48.6 Å². The van der Waals surface area contributed by atoms with Gasteiger partial charge in [-0.3, -0.25) is 0 Å². The lowest BCUT2D eigenvalue weighted by molar-refractivity contribution is 0.0420. The third kappa shape index (κ3) is 2.11. The molecule has 6 rings (SSSR count). The minimum atomic E-state index is 0.733. The predicted octanol–water partition coefficient (Wildman–Crippen LogP) is 2.79. The van der Waals surface area contributed by atoms with Crippen LogP contribution in [0.2, 0.25) is 0 Å². The molecule has 2 bridgehead atoms. The summed E-state index contributed by atoms with van der Waals surface area (Å²) in [5.74, 6) is 0.903. The molecule has 4 nitrogen and oxygen atoms in total. The molecule has 3 fully saturated rings. The second kappa shape index (κ2) is 5.11. The SMILES string of the molecule is c1cn(-c2ccc3c(c2)SN([C@@H]2CN4CCC2CC4)C3)cn1. The van der Waals surface area contributed by atoms with Crippen molar-refractivity contribution in [2.24, 2.45) is 5.92 Å². The number of rotatable bonds is 2. The number of aromatic nitrogens is 2. The van der Waals surface area contributed by atoms with Crippen molar-refractivity contribution in [2.75, 3.05) is 19.6 Å². The molecule has 4 aliphatic rings. The van der Waals surface area contributed by atoms with Crippen molar-refractivity contribution in [3.05, 3.63) is 42.5 Å². The summed E-state index contributed by atoms with van der Waals surface area (Å²) in [5, 5.41) is 0. The highest BCUT2D eigenvalue weighted by molar-refractivity contribution is 7.97. The average Bonchev–Trinajstić information content (AvgIpc) is 3.24. The quantitative estimate of drug-likeness (QED) is 0.796. The van der Waals surface area contributed by atoms with E-state index in [4.69, 9.17) is 0 Å². The number of piperidine rings is 3. The predicted molar refractivity (Wildman–Crippen MR) is 87.9 cm³/mol. The van der Waals surface area contributed by atoms with Gasteiger partial charge in [-0.05, 0) is 61.5 Å². The van der Waals surface area contributed by atoms with Crippen LogP contribution in [0.25, 0.3) is 5.69 Å². The number of benzene rings is 1. The maximum absolute atomic E-state index is 4.15. The second-order valence-electron chi connectivity index (χ2n) is 6.63. The van der Waals surface area contributed by atoms with Crippen molar-refractivity contribution >= 4 is 11.9 Å². The molecule has 2 aromatic rings. The van der Waals surface area contributed by atoms with Crippen molar-refractivity contribution < 1.29 is 0 Å². The van der Waals surface area contributed by atoms with Crippen LogP contribution in [0, 0.1) is 5.92 Å². The summed E-state index contributed by atoms with van der Waals surface area (Å²) in [5.41, 5.74) is 2.69. The molecular weight excluding hydrogens is 292 g/mol. The molecule has 0 amide bonds. The molecule has 1 aromatic heterocycles. The largest absolute Gasteiger partial charge is 0.306 e. The van der Waals surface area contributed by atoms with Gasteiger partial charge in [0.1, 0.15) is 0 Å². The first-order valence-corrected chi connectivity index (χ1v) is 8.92. The van der Waals surface area contributed by atoms with Gasteiger partial charge < -0.3 is 9.47 Å². The molecule has 3 saturated heterocycles. The van der Waals surface area contributed by atoms with Crippen LogP contribution in [-0.4, -0.2) is 44.4 Å². The highest BCUT2D eigenvalue weighted by atomic mass is 32.2. The zero-order chi connectivity index (χ0) is 14.5. The molecular formula is C17H20N4S. The lowest BCUT2D eigenvalue weighted by Crippen LogP contribution is -2.54. The molecule has 0 unspecified atom stereocenters. The Morgan fingerprint density at radius 1 is 1.18 bits per heavy atom. The number of fused-ring (bicyclic) bond motifs is 4. The molecule has 0 N–H and O–H groups in total. The van der Waals surface area contributed by atoms with Gasteiger partial charge in [0.25, 0.3) is 0 Å². The Kier molecular flexibility index (Phi) is 3.06. The molecule has 0 aliphatic carbocycles. The molecule has 0 saturated carbocycles. The van der Waals surface area contributed by atoms with Crippen LogP contribution >= 0.6 is 11.9 Å². The Hall–Kier alpha value is -1.30. The Labute approximate surface area is 135 Å². The summed E-state index contributed by atoms with van der Waals surface area (Å²) in [7, 11) is 0. The number of hydrogen-bond acceptors (Lipinski definition) is 4. The smallest absolute Gasteiger partial charge is 0.0991 e. The van der Waals surface area contributed by atoms with Crippen LogP contribution in [0.4, 0.5) is 0 Å². The van der Waals surface area contributed by atoms with Crippen LogP contribution in [-0.2, 0) is 6.54 Å². The van der Waals surface area contributed by atoms with Crippen LogP contribution < -0.4 is 0 Å². The molecule has 5 heteroatoms. The van der Waals surface area contributed by atoms with E-state index in [0.717, 1.165) is 18.5 Å². The minimum absolute atomic E-state index is 0.733. The zero-order valence-electron chi connectivity index (χ0n) is 12.6. The lowest BCUT2D eigenvalue weighted by atomic mass is 9.84. The van der Waals surface area contributed by atoms with Gasteiger partial charge in [-0.25, -0.2) is 9.29 Å². The second-order valence-corrected chi connectivity index (χ2v) is 7.73. The van der Waals surface area contributed by atoms with Crippen LogP contribution in [0.1, 0.15) is 18.4 Å². The van der Waals surface area contributed by atoms with E-state index in [1.54, 1.807) is 0 Å². The van der Waals surface area contributed by atoms with E-state index in [9.17, 15) is 0 Å². The summed E-state index contributed by atoms with van der Waals surface area (Å²) < 4.78 is 4.72. The minimum Gasteiger partial charge on any atom is -0.306 e. The molecule has 0 spiro atoms. The van der Waals surface area contributed by atoms with Crippen molar-refractivity contribution in [3.63, 3.8) is 0 Å². The summed E-state index contributed by atoms with van der Waals surface area (Å²) in [6.07, 6.45) is 8.48. The highest BCUT2D eigenvalue weighted by Gasteiger charge is 2.39. The van der Waals surface area contributed by atoms with E-state index in [-0.39, 0.29) is 0 Å². The molecule has 0 radical (unpaired) electrons. The zero-order valence-corrected chi connectivity index (χ0v) is 13.4. The summed E-state index contributed by atoms with van der Waals surface area (Å²) in [6, 6.07) is 7.54. The monoisotopic (exact) mass is 312 g/mol. The van der Waals surface area contributed by atoms with Gasteiger partial charge in [0.05, 0.1) is 6.33 Å². The van der Waals surface area contributed by atoms with Gasteiger partial charge in [-0.1, -0.05) is 6.07 Å². The fourth-order valence-electron chi connectivity index (χ4n) is 4.10. The van der Waals surface area contributed by atoms with Gasteiger partial charge >= 0.3 is 0 Å². The third-order valence-electron chi connectivity index (χ3n) is 5.39. The number of imidazole rings is 1. The molecule has 1 atom stereocenters. The Bertz CT molecular complexity index is 676. The van der Waals surface area contributed by atoms with Gasteiger partial charge in [0.15, 0.2) is 0 Å². The van der Waals surface area contributed by atoms with Crippen molar-refractivity contribution in [1.82, 2.24) is 18.8 Å². The van der Waals surface area contributed by atoms with E-state index >= 15 is 0 Å². The first-order chi connectivity index (χ1) is 10.9. The van der Waals surface area contributed by atoms with Gasteiger partial charge in [0.2, 0.25) is 0 Å². The number of nitrogens with zero attached hydrogens (tertiary/aromatic N) is 4. The van der Waals surface area contributed by atoms with E-state index < -0.39 is 0 Å². The van der Waals surface area contributed by atoms with Crippen molar-refractivity contribution in [3.8, 4) is 5.69 Å². The van der Waals surface area contributed by atoms with Crippen LogP contribution in [0.3, 0.4) is 0 Å². The Morgan fingerprint density at radius 2 is 2.09 bits per heavy atom. The normalized spacial score (nSPS) is 30.6. The standard InChI is InChI=1S/C17H20N4S/c1-2-15(20-8-5-18-12-20)9-17-14(1)10-21(22-17)16-11-19-6-3-13(16)4-7-19/h1-2,5,8-9,12-13,16H,3-4,6-7,10-11H2/t16-/m1/s1. The first-order valence-electron chi connectivity index (χ1n) is 8.15. The maximum Gasteiger partial charge on any atom is 0.0991 e. The fourth-order valence-corrected chi connectivity index (χ4v) is 5.36. The topological polar surface area (TPSA) is 24.3 Å². The Balaban J connectivity index is 1.39. The third-order valence-corrected chi connectivity index (χ3v) is 6.60. The van der Waals surface area contributed by atoms with Gasteiger partial charge in [0, 0.05) is 42.1 Å². The van der Waals surface area contributed by atoms with Crippen LogP contribution in [0.15, 0.2) is 41.8 Å². The molecule has 4 aliphatic heterocycles. The summed E-state index contributed by atoms with van der Waals surface area (Å²) in [4.78, 5) is 8.21. The first kappa shape index (κ1) is 13.2. The van der Waals surface area contributed by atoms with Crippen molar-refractivity contribution in [1.29, 1.82) is 0 Å². The molecule has 22 heavy (non-hydrogen) atoms. The van der Waals surface area contributed by atoms with Crippen molar-refractivity contribution in [2.45, 2.75) is 30.3 Å². The average molecular weight is 312 g/mol. The van der Waals surface area contributed by atoms with Crippen LogP contribution in [0.5, 0.6) is 0 Å².